The minimum absolute atomic E-state index is 0.0267. The van der Waals surface area contributed by atoms with Crippen LogP contribution in [0.4, 0.5) is 5.13 Å². The average molecular weight is 546 g/mol. The number of anilines is 1. The maximum absolute atomic E-state index is 12.9. The number of pyridine rings is 1. The summed E-state index contributed by atoms with van der Waals surface area (Å²) >= 11 is 3.49. The molecule has 2 amide bonds. The highest BCUT2D eigenvalue weighted by Gasteiger charge is 2.54. The summed E-state index contributed by atoms with van der Waals surface area (Å²) < 4.78 is 3.97. The smallest absolute Gasteiger partial charge is 0.352 e. The Morgan fingerprint density at radius 1 is 1.47 bits per heavy atom. The molecule has 2 aliphatic rings. The number of amides is 2. The highest BCUT2D eigenvalue weighted by atomic mass is 32.2. The summed E-state index contributed by atoms with van der Waals surface area (Å²) in [7, 11) is 0. The fourth-order valence-corrected chi connectivity index (χ4v) is 5.89. The first-order valence-corrected chi connectivity index (χ1v) is 13.2. The number of aliphatic carboxylic acids is 1. The second-order valence-electron chi connectivity index (χ2n) is 7.19. The van der Waals surface area contributed by atoms with E-state index in [-0.39, 0.29) is 29.0 Å². The Kier molecular flexibility index (Phi) is 8.08. The summed E-state index contributed by atoms with van der Waals surface area (Å²) in [6.45, 7) is 1.89. The van der Waals surface area contributed by atoms with Gasteiger partial charge in [-0.15, -0.1) is 11.8 Å². The van der Waals surface area contributed by atoms with Gasteiger partial charge < -0.3 is 21.0 Å². The molecular formula is C21H19N7O5S3. The standard InChI is InChI=1S/C21H19N7O5S3/c1-2-33-26-13(16-25-21(22)36-27-16)17(29)24-14-18(30)28-15(20(31)32)12(10-35-19(14)28)9-34-7-5-11-4-3-6-23-8-11/h3-4,6,8,14,19H,2,9-10H2,1H3,(H,24,29)(H,31,32)(H2,22,25,27)/t14?,19-/m1/s1. The summed E-state index contributed by atoms with van der Waals surface area (Å²) in [4.78, 5) is 52.0. The molecule has 0 spiro atoms. The van der Waals surface area contributed by atoms with Gasteiger partial charge in [-0.05, 0) is 29.9 Å². The fraction of sp³-hybridized carbons (Fsp3) is 0.286. The topological polar surface area (TPSA) is 173 Å². The number of carboxylic acids is 1. The number of oxime groups is 1. The van der Waals surface area contributed by atoms with Gasteiger partial charge in [0.2, 0.25) is 11.5 Å². The summed E-state index contributed by atoms with van der Waals surface area (Å²) in [5.74, 6) is 1.13. The first-order chi connectivity index (χ1) is 17.4. The first kappa shape index (κ1) is 25.5. The Labute approximate surface area is 217 Å². The van der Waals surface area contributed by atoms with E-state index < -0.39 is 29.2 Å². The molecule has 0 saturated carbocycles. The highest BCUT2D eigenvalue weighted by Crippen LogP contribution is 2.41. The molecule has 36 heavy (non-hydrogen) atoms. The number of rotatable bonds is 8. The number of nitrogens with one attached hydrogen (secondary N) is 1. The zero-order valence-corrected chi connectivity index (χ0v) is 21.2. The molecule has 12 nitrogen and oxygen atoms in total. The van der Waals surface area contributed by atoms with Crippen LogP contribution in [0.3, 0.4) is 0 Å². The van der Waals surface area contributed by atoms with Crippen molar-refractivity contribution in [3.8, 4) is 11.2 Å². The van der Waals surface area contributed by atoms with Gasteiger partial charge in [0.15, 0.2) is 5.13 Å². The molecule has 186 valence electrons. The fourth-order valence-electron chi connectivity index (χ4n) is 3.30. The number of hydrogen-bond donors (Lipinski definition) is 3. The second kappa shape index (κ2) is 11.4. The van der Waals surface area contributed by atoms with Crippen molar-refractivity contribution in [3.63, 3.8) is 0 Å². The SMILES string of the molecule is CCON=C(C(=O)NC1C(=O)N2C(C(=O)O)=C(CSC#Cc3cccnc3)CS[C@H]12)c1nsc(N)n1. The van der Waals surface area contributed by atoms with Crippen molar-refractivity contribution in [2.75, 3.05) is 23.8 Å². The number of nitrogens with zero attached hydrogens (tertiary/aromatic N) is 5. The minimum atomic E-state index is -1.21. The Bertz CT molecular complexity index is 1300. The van der Waals surface area contributed by atoms with Crippen LogP contribution in [0.2, 0.25) is 0 Å². The van der Waals surface area contributed by atoms with E-state index >= 15 is 0 Å². The van der Waals surface area contributed by atoms with Crippen molar-refractivity contribution in [3.05, 3.63) is 47.2 Å². The molecule has 2 aromatic rings. The van der Waals surface area contributed by atoms with E-state index in [9.17, 15) is 19.5 Å². The molecule has 4 heterocycles. The number of nitrogen functional groups attached to an aromatic ring is 1. The van der Waals surface area contributed by atoms with Crippen LogP contribution in [0.25, 0.3) is 0 Å². The molecule has 15 heteroatoms. The normalized spacial score (nSPS) is 19.1. The third-order valence-electron chi connectivity index (χ3n) is 4.87. The predicted octanol–water partition coefficient (Wildman–Crippen LogP) is 0.737. The summed E-state index contributed by atoms with van der Waals surface area (Å²) in [5, 5.41) is 18.7. The van der Waals surface area contributed by atoms with Crippen LogP contribution >= 0.6 is 35.1 Å². The Balaban J connectivity index is 1.45. The number of aromatic nitrogens is 3. The number of carbonyl (C=O) groups is 3. The number of fused-ring (bicyclic) bond motifs is 1. The van der Waals surface area contributed by atoms with Crippen molar-refractivity contribution >= 4 is 63.7 Å². The van der Waals surface area contributed by atoms with Gasteiger partial charge in [0.25, 0.3) is 11.8 Å². The van der Waals surface area contributed by atoms with Gasteiger partial charge in [-0.1, -0.05) is 22.8 Å². The number of hydrogen-bond acceptors (Lipinski definition) is 12. The molecule has 0 bridgehead atoms. The van der Waals surface area contributed by atoms with Crippen molar-refractivity contribution in [1.29, 1.82) is 0 Å². The number of carboxylic acid groups (broad SMARTS) is 1. The number of carbonyl (C=O) groups excluding carboxylic acids is 2. The van der Waals surface area contributed by atoms with Crippen molar-refractivity contribution < 1.29 is 24.3 Å². The Hall–Kier alpha value is -3.61. The van der Waals surface area contributed by atoms with Crippen LogP contribution < -0.4 is 11.1 Å². The van der Waals surface area contributed by atoms with E-state index in [0.29, 0.717) is 17.1 Å². The first-order valence-electron chi connectivity index (χ1n) is 10.4. The van der Waals surface area contributed by atoms with Crippen LogP contribution in [-0.4, -0.2) is 77.4 Å². The number of thioether (sulfide) groups is 2. The van der Waals surface area contributed by atoms with Crippen molar-refractivity contribution in [1.82, 2.24) is 24.6 Å². The maximum atomic E-state index is 12.9. The molecule has 1 unspecified atom stereocenters. The van der Waals surface area contributed by atoms with E-state index in [2.05, 4.69) is 36.0 Å². The molecule has 1 fully saturated rings. The number of β-lactam (4-membered cyclic amide) rings is 1. The molecule has 4 rings (SSSR count). The monoisotopic (exact) mass is 545 g/mol. The lowest BCUT2D eigenvalue weighted by Crippen LogP contribution is -2.71. The second-order valence-corrected chi connectivity index (χ2v) is 9.86. The quantitative estimate of drug-likeness (QED) is 0.185. The van der Waals surface area contributed by atoms with E-state index in [4.69, 9.17) is 10.6 Å². The molecule has 2 aliphatic heterocycles. The van der Waals surface area contributed by atoms with Gasteiger partial charge in [-0.3, -0.25) is 19.5 Å². The third-order valence-corrected chi connectivity index (χ3v) is 7.49. The van der Waals surface area contributed by atoms with Crippen LogP contribution in [0.1, 0.15) is 18.3 Å². The van der Waals surface area contributed by atoms with Gasteiger partial charge in [0.1, 0.15) is 23.7 Å². The molecule has 4 N–H and O–H groups in total. The van der Waals surface area contributed by atoms with Crippen LogP contribution in [-0.2, 0) is 19.2 Å². The van der Waals surface area contributed by atoms with Gasteiger partial charge in [0.05, 0.1) is 0 Å². The highest BCUT2D eigenvalue weighted by molar-refractivity contribution is 8.04. The predicted molar refractivity (Wildman–Crippen MR) is 136 cm³/mol. The zero-order valence-electron chi connectivity index (χ0n) is 18.7. The summed E-state index contributed by atoms with van der Waals surface area (Å²) in [6, 6.07) is 2.65. The Morgan fingerprint density at radius 2 is 2.31 bits per heavy atom. The summed E-state index contributed by atoms with van der Waals surface area (Å²) in [6.07, 6.45) is 3.28. The lowest BCUT2D eigenvalue weighted by molar-refractivity contribution is -0.150. The largest absolute Gasteiger partial charge is 0.477 e. The molecule has 0 aromatic carbocycles. The van der Waals surface area contributed by atoms with Gasteiger partial charge in [-0.2, -0.15) is 9.36 Å². The van der Waals surface area contributed by atoms with Gasteiger partial charge >= 0.3 is 5.97 Å². The van der Waals surface area contributed by atoms with Gasteiger partial charge in [0, 0.05) is 41.0 Å². The van der Waals surface area contributed by atoms with Crippen molar-refractivity contribution in [2.45, 2.75) is 18.3 Å². The molecular weight excluding hydrogens is 526 g/mol. The summed E-state index contributed by atoms with van der Waals surface area (Å²) in [5.41, 5.74) is 6.62. The number of nitrogens with two attached hydrogens (primary N) is 1. The lowest BCUT2D eigenvalue weighted by atomic mass is 10.0. The average Bonchev–Trinajstić information content (AvgIpc) is 3.31. The zero-order chi connectivity index (χ0) is 25.7. The van der Waals surface area contributed by atoms with Gasteiger partial charge in [-0.25, -0.2) is 4.79 Å². The van der Waals surface area contributed by atoms with E-state index in [1.807, 2.05) is 6.07 Å². The molecule has 0 aliphatic carbocycles. The molecule has 1 saturated heterocycles. The van der Waals surface area contributed by atoms with E-state index in [1.165, 1.54) is 28.4 Å². The maximum Gasteiger partial charge on any atom is 0.352 e. The van der Waals surface area contributed by atoms with Crippen LogP contribution in [0.15, 0.2) is 41.0 Å². The third kappa shape index (κ3) is 5.45. The molecule has 2 aromatic heterocycles. The molecule has 2 atom stereocenters. The van der Waals surface area contributed by atoms with Crippen LogP contribution in [0, 0.1) is 11.2 Å². The Morgan fingerprint density at radius 3 is 2.97 bits per heavy atom. The van der Waals surface area contributed by atoms with Crippen molar-refractivity contribution in [2.24, 2.45) is 5.16 Å². The van der Waals surface area contributed by atoms with E-state index in [0.717, 1.165) is 17.1 Å². The van der Waals surface area contributed by atoms with Crippen LogP contribution in [0.5, 0.6) is 0 Å². The lowest BCUT2D eigenvalue weighted by Gasteiger charge is -2.49. The van der Waals surface area contributed by atoms with E-state index in [1.54, 1.807) is 25.4 Å². The minimum Gasteiger partial charge on any atom is -0.477 e. The molecule has 0 radical (unpaired) electrons.